The van der Waals surface area contributed by atoms with Gasteiger partial charge in [0, 0.05) is 24.8 Å². The Morgan fingerprint density at radius 3 is 2.61 bits per heavy atom. The van der Waals surface area contributed by atoms with Crippen LogP contribution in [0.5, 0.6) is 0 Å². The highest BCUT2D eigenvalue weighted by Gasteiger charge is 2.15. The first-order valence-corrected chi connectivity index (χ1v) is 5.60. The van der Waals surface area contributed by atoms with Crippen LogP contribution in [0.3, 0.4) is 0 Å². The third kappa shape index (κ3) is 3.58. The highest BCUT2D eigenvalue weighted by molar-refractivity contribution is 5.93. The van der Waals surface area contributed by atoms with E-state index in [1.54, 1.807) is 6.07 Å². The minimum absolute atomic E-state index is 0. The van der Waals surface area contributed by atoms with Crippen LogP contribution >= 0.6 is 12.4 Å². The zero-order chi connectivity index (χ0) is 12.3. The predicted octanol–water partition coefficient (Wildman–Crippen LogP) is 1.94. The number of amides is 1. The largest absolute Gasteiger partial charge is 0.381 e. The van der Waals surface area contributed by atoms with Gasteiger partial charge in [-0.05, 0) is 31.0 Å². The van der Waals surface area contributed by atoms with Crippen molar-refractivity contribution < 1.29 is 13.9 Å². The summed E-state index contributed by atoms with van der Waals surface area (Å²) in [6.45, 7) is 1.39. The zero-order valence-corrected chi connectivity index (χ0v) is 10.6. The summed E-state index contributed by atoms with van der Waals surface area (Å²) < 4.78 is 18.9. The maximum Gasteiger partial charge on any atom is 0.248 e. The molecule has 1 aliphatic rings. The van der Waals surface area contributed by atoms with Gasteiger partial charge < -0.3 is 15.8 Å². The second-order valence-corrected chi connectivity index (χ2v) is 4.09. The van der Waals surface area contributed by atoms with Gasteiger partial charge in [0.25, 0.3) is 0 Å². The number of rotatable bonds is 3. The first-order valence-electron chi connectivity index (χ1n) is 5.60. The van der Waals surface area contributed by atoms with Crippen molar-refractivity contribution in [2.75, 3.05) is 18.5 Å². The van der Waals surface area contributed by atoms with Gasteiger partial charge in [-0.3, -0.25) is 4.79 Å². The van der Waals surface area contributed by atoms with E-state index >= 15 is 0 Å². The Kier molecular flexibility index (Phi) is 5.37. The normalized spacial score (nSPS) is 15.8. The Morgan fingerprint density at radius 2 is 2.06 bits per heavy atom. The first-order chi connectivity index (χ1) is 8.16. The molecule has 18 heavy (non-hydrogen) atoms. The average molecular weight is 275 g/mol. The number of ether oxygens (including phenoxy) is 1. The standard InChI is InChI=1S/C12H15FN2O2.ClH/c13-10-7-8(12(14)16)1-2-11(10)15-9-3-5-17-6-4-9;/h1-2,7,9,15H,3-6H2,(H2,14,16);1H. The van der Waals surface area contributed by atoms with Gasteiger partial charge in [-0.25, -0.2) is 4.39 Å². The molecule has 0 saturated carbocycles. The Balaban J connectivity index is 0.00000162. The fraction of sp³-hybridized carbons (Fsp3) is 0.417. The van der Waals surface area contributed by atoms with E-state index in [2.05, 4.69) is 5.32 Å². The quantitative estimate of drug-likeness (QED) is 0.885. The van der Waals surface area contributed by atoms with E-state index in [-0.39, 0.29) is 24.0 Å². The van der Waals surface area contributed by atoms with Crippen molar-refractivity contribution in [1.29, 1.82) is 0 Å². The van der Waals surface area contributed by atoms with E-state index in [1.807, 2.05) is 0 Å². The van der Waals surface area contributed by atoms with Crippen LogP contribution in [0.15, 0.2) is 18.2 Å². The maximum absolute atomic E-state index is 13.7. The van der Waals surface area contributed by atoms with Crippen molar-refractivity contribution in [2.45, 2.75) is 18.9 Å². The molecule has 0 atom stereocenters. The number of carbonyl (C=O) groups is 1. The zero-order valence-electron chi connectivity index (χ0n) is 9.82. The molecule has 1 aromatic carbocycles. The van der Waals surface area contributed by atoms with Gasteiger partial charge in [0.2, 0.25) is 5.91 Å². The summed E-state index contributed by atoms with van der Waals surface area (Å²) in [6, 6.07) is 4.44. The van der Waals surface area contributed by atoms with Crippen molar-refractivity contribution in [3.8, 4) is 0 Å². The lowest BCUT2D eigenvalue weighted by Gasteiger charge is -2.24. The molecule has 3 N–H and O–H groups in total. The molecule has 1 heterocycles. The molecule has 0 radical (unpaired) electrons. The van der Waals surface area contributed by atoms with Crippen LogP contribution in [0.25, 0.3) is 0 Å². The second kappa shape index (κ2) is 6.56. The second-order valence-electron chi connectivity index (χ2n) is 4.09. The van der Waals surface area contributed by atoms with Crippen LogP contribution in [0.4, 0.5) is 10.1 Å². The fourth-order valence-corrected chi connectivity index (χ4v) is 1.85. The molecule has 0 bridgehead atoms. The number of benzene rings is 1. The minimum Gasteiger partial charge on any atom is -0.381 e. The average Bonchev–Trinajstić information content (AvgIpc) is 2.33. The lowest BCUT2D eigenvalue weighted by atomic mass is 10.1. The van der Waals surface area contributed by atoms with Gasteiger partial charge in [-0.15, -0.1) is 12.4 Å². The molecule has 100 valence electrons. The van der Waals surface area contributed by atoms with E-state index in [4.69, 9.17) is 10.5 Å². The van der Waals surface area contributed by atoms with Gasteiger partial charge in [0.15, 0.2) is 0 Å². The van der Waals surface area contributed by atoms with E-state index in [1.165, 1.54) is 6.07 Å². The van der Waals surface area contributed by atoms with E-state index in [0.717, 1.165) is 18.9 Å². The van der Waals surface area contributed by atoms with Crippen LogP contribution in [0.1, 0.15) is 23.2 Å². The lowest BCUT2D eigenvalue weighted by Crippen LogP contribution is -2.28. The van der Waals surface area contributed by atoms with Crippen molar-refractivity contribution in [3.05, 3.63) is 29.6 Å². The number of nitrogens with one attached hydrogen (secondary N) is 1. The van der Waals surface area contributed by atoms with Crippen molar-refractivity contribution >= 4 is 24.0 Å². The van der Waals surface area contributed by atoms with Gasteiger partial charge in [0.05, 0.1) is 5.69 Å². The number of hydrogen-bond donors (Lipinski definition) is 2. The topological polar surface area (TPSA) is 64.4 Å². The van der Waals surface area contributed by atoms with Gasteiger partial charge >= 0.3 is 0 Å². The van der Waals surface area contributed by atoms with Gasteiger partial charge in [0.1, 0.15) is 5.82 Å². The number of nitrogens with two attached hydrogens (primary N) is 1. The van der Waals surface area contributed by atoms with Crippen molar-refractivity contribution in [2.24, 2.45) is 5.73 Å². The Hall–Kier alpha value is -1.33. The third-order valence-electron chi connectivity index (χ3n) is 2.83. The molecular formula is C12H16ClFN2O2. The third-order valence-corrected chi connectivity index (χ3v) is 2.83. The molecule has 1 aromatic rings. The molecule has 0 aromatic heterocycles. The monoisotopic (exact) mass is 274 g/mol. The molecule has 4 nitrogen and oxygen atoms in total. The maximum atomic E-state index is 13.7. The van der Waals surface area contributed by atoms with Crippen molar-refractivity contribution in [1.82, 2.24) is 0 Å². The summed E-state index contributed by atoms with van der Waals surface area (Å²) in [4.78, 5) is 10.9. The highest BCUT2D eigenvalue weighted by atomic mass is 35.5. The Bertz CT molecular complexity index is 423. The molecule has 2 rings (SSSR count). The van der Waals surface area contributed by atoms with Crippen molar-refractivity contribution in [3.63, 3.8) is 0 Å². The molecule has 1 fully saturated rings. The number of carbonyl (C=O) groups excluding carboxylic acids is 1. The summed E-state index contributed by atoms with van der Waals surface area (Å²) in [7, 11) is 0. The van der Waals surface area contributed by atoms with Gasteiger partial charge in [-0.2, -0.15) is 0 Å². The SMILES string of the molecule is Cl.NC(=O)c1ccc(NC2CCOCC2)c(F)c1. The summed E-state index contributed by atoms with van der Waals surface area (Å²) in [5, 5.41) is 3.11. The smallest absolute Gasteiger partial charge is 0.248 e. The molecular weight excluding hydrogens is 259 g/mol. The van der Waals surface area contributed by atoms with Crippen LogP contribution in [-0.4, -0.2) is 25.2 Å². The van der Waals surface area contributed by atoms with Crippen LogP contribution in [0, 0.1) is 5.82 Å². The molecule has 1 saturated heterocycles. The molecule has 0 aliphatic carbocycles. The predicted molar refractivity (Wildman–Crippen MR) is 69.6 cm³/mol. The van der Waals surface area contributed by atoms with E-state index in [9.17, 15) is 9.18 Å². The minimum atomic E-state index is -0.624. The van der Waals surface area contributed by atoms with Gasteiger partial charge in [-0.1, -0.05) is 0 Å². The molecule has 1 aliphatic heterocycles. The summed E-state index contributed by atoms with van der Waals surface area (Å²) in [5.74, 6) is -1.07. The molecule has 0 unspecified atom stereocenters. The molecule has 0 spiro atoms. The number of primary amides is 1. The molecule has 1 amide bonds. The number of hydrogen-bond acceptors (Lipinski definition) is 3. The highest BCUT2D eigenvalue weighted by Crippen LogP contribution is 2.19. The summed E-state index contributed by atoms with van der Waals surface area (Å²) in [5.41, 5.74) is 5.66. The summed E-state index contributed by atoms with van der Waals surface area (Å²) >= 11 is 0. The van der Waals surface area contributed by atoms with E-state index < -0.39 is 11.7 Å². The molecule has 6 heteroatoms. The van der Waals surface area contributed by atoms with E-state index in [0.29, 0.717) is 18.9 Å². The Morgan fingerprint density at radius 1 is 1.39 bits per heavy atom. The fourth-order valence-electron chi connectivity index (χ4n) is 1.85. The summed E-state index contributed by atoms with van der Waals surface area (Å²) in [6.07, 6.45) is 1.72. The van der Waals surface area contributed by atoms with Crippen LogP contribution in [-0.2, 0) is 4.74 Å². The van der Waals surface area contributed by atoms with Crippen LogP contribution in [0.2, 0.25) is 0 Å². The number of anilines is 1. The van der Waals surface area contributed by atoms with Crippen LogP contribution < -0.4 is 11.1 Å². The number of halogens is 2. The lowest BCUT2D eigenvalue weighted by molar-refractivity contribution is 0.0904. The Labute approximate surface area is 111 Å². The first kappa shape index (κ1) is 14.7.